The highest BCUT2D eigenvalue weighted by atomic mass is 35.5. The Balaban J connectivity index is 1.55. The highest BCUT2D eigenvalue weighted by Gasteiger charge is 2.10. The Morgan fingerprint density at radius 3 is 1.21 bits per heavy atom. The molecule has 0 bridgehead atoms. The molecule has 0 amide bonds. The average Bonchev–Trinajstić information content (AvgIpc) is 2.75. The largest absolute Gasteiger partial charge is 0.372 e. The maximum Gasteiger partial charge on any atom is 0.0727 e. The zero-order valence-electron chi connectivity index (χ0n) is 15.8. The Labute approximate surface area is 181 Å². The molecular formula is C26H20Cl2O. The standard InChI is InChI=1S/C26H20Cl2O/c27-25-15-7-5-13-23(25)21-11-3-1-9-19(21)17-29-18-20-10-2-4-12-22(20)24-14-6-8-16-26(24)28/h1-16H,17-18H2. The summed E-state index contributed by atoms with van der Waals surface area (Å²) in [4.78, 5) is 0. The molecule has 0 aliphatic heterocycles. The third-order valence-electron chi connectivity index (χ3n) is 4.88. The Bertz CT molecular complexity index is 1030. The second kappa shape index (κ2) is 9.28. The van der Waals surface area contributed by atoms with Gasteiger partial charge in [0.2, 0.25) is 0 Å². The SMILES string of the molecule is Clc1ccccc1-c1ccccc1COCc1ccccc1-c1ccccc1Cl. The first-order valence-corrected chi connectivity index (χ1v) is 10.2. The minimum Gasteiger partial charge on any atom is -0.372 e. The summed E-state index contributed by atoms with van der Waals surface area (Å²) in [6.45, 7) is 0.997. The summed E-state index contributed by atoms with van der Waals surface area (Å²) in [6, 6.07) is 32.2. The van der Waals surface area contributed by atoms with E-state index in [1.165, 1.54) is 0 Å². The zero-order valence-corrected chi connectivity index (χ0v) is 17.3. The van der Waals surface area contributed by atoms with E-state index in [4.69, 9.17) is 27.9 Å². The van der Waals surface area contributed by atoms with E-state index in [0.29, 0.717) is 13.2 Å². The van der Waals surface area contributed by atoms with E-state index >= 15 is 0 Å². The molecule has 144 valence electrons. The van der Waals surface area contributed by atoms with Gasteiger partial charge in [-0.1, -0.05) is 108 Å². The summed E-state index contributed by atoms with van der Waals surface area (Å²) in [5.41, 5.74) is 6.44. The van der Waals surface area contributed by atoms with E-state index in [1.54, 1.807) is 0 Å². The Morgan fingerprint density at radius 1 is 0.448 bits per heavy atom. The van der Waals surface area contributed by atoms with Crippen molar-refractivity contribution in [3.8, 4) is 22.3 Å². The van der Waals surface area contributed by atoms with Crippen molar-refractivity contribution in [2.45, 2.75) is 13.2 Å². The van der Waals surface area contributed by atoms with Crippen LogP contribution in [0.15, 0.2) is 97.1 Å². The number of rotatable bonds is 6. The van der Waals surface area contributed by atoms with Crippen LogP contribution in [0, 0.1) is 0 Å². The van der Waals surface area contributed by atoms with Crippen LogP contribution < -0.4 is 0 Å². The van der Waals surface area contributed by atoms with Gasteiger partial charge >= 0.3 is 0 Å². The van der Waals surface area contributed by atoms with E-state index in [2.05, 4.69) is 24.3 Å². The zero-order chi connectivity index (χ0) is 20.1. The van der Waals surface area contributed by atoms with Crippen molar-refractivity contribution in [3.05, 3.63) is 118 Å². The first-order chi connectivity index (χ1) is 14.2. The van der Waals surface area contributed by atoms with Crippen LogP contribution in [-0.4, -0.2) is 0 Å². The molecule has 0 heterocycles. The molecule has 0 fully saturated rings. The maximum atomic E-state index is 6.41. The van der Waals surface area contributed by atoms with Crippen molar-refractivity contribution >= 4 is 23.2 Å². The number of hydrogen-bond donors (Lipinski definition) is 0. The summed E-state index contributed by atoms with van der Waals surface area (Å²) in [6.07, 6.45) is 0. The lowest BCUT2D eigenvalue weighted by atomic mass is 9.99. The number of halogens is 2. The van der Waals surface area contributed by atoms with Gasteiger partial charge in [0.25, 0.3) is 0 Å². The quantitative estimate of drug-likeness (QED) is 0.307. The fraction of sp³-hybridized carbons (Fsp3) is 0.0769. The molecule has 0 aliphatic rings. The minimum atomic E-state index is 0.498. The van der Waals surface area contributed by atoms with E-state index < -0.39 is 0 Å². The first kappa shape index (κ1) is 19.7. The fourth-order valence-electron chi connectivity index (χ4n) is 3.45. The van der Waals surface area contributed by atoms with Crippen LogP contribution in [0.4, 0.5) is 0 Å². The van der Waals surface area contributed by atoms with Crippen molar-refractivity contribution in [1.29, 1.82) is 0 Å². The van der Waals surface area contributed by atoms with Gasteiger partial charge in [-0.3, -0.25) is 0 Å². The van der Waals surface area contributed by atoms with Crippen LogP contribution in [0.3, 0.4) is 0 Å². The monoisotopic (exact) mass is 418 g/mol. The lowest BCUT2D eigenvalue weighted by Crippen LogP contribution is -1.98. The molecule has 0 saturated carbocycles. The van der Waals surface area contributed by atoms with Gasteiger partial charge < -0.3 is 4.74 Å². The van der Waals surface area contributed by atoms with Gasteiger partial charge in [-0.05, 0) is 34.4 Å². The van der Waals surface area contributed by atoms with E-state index in [1.807, 2.05) is 72.8 Å². The van der Waals surface area contributed by atoms with Gasteiger partial charge in [0.1, 0.15) is 0 Å². The number of ether oxygens (including phenoxy) is 1. The predicted molar refractivity (Wildman–Crippen MR) is 122 cm³/mol. The van der Waals surface area contributed by atoms with Crippen LogP contribution in [0.1, 0.15) is 11.1 Å². The van der Waals surface area contributed by atoms with Crippen LogP contribution in [0.2, 0.25) is 10.0 Å². The van der Waals surface area contributed by atoms with Crippen molar-refractivity contribution < 1.29 is 4.74 Å². The molecule has 3 heteroatoms. The molecule has 0 aromatic heterocycles. The minimum absolute atomic E-state index is 0.498. The molecule has 0 spiro atoms. The van der Waals surface area contributed by atoms with Crippen LogP contribution in [-0.2, 0) is 18.0 Å². The maximum absolute atomic E-state index is 6.41. The van der Waals surface area contributed by atoms with Gasteiger partial charge in [0.15, 0.2) is 0 Å². The second-order valence-electron chi connectivity index (χ2n) is 6.77. The topological polar surface area (TPSA) is 9.23 Å². The number of hydrogen-bond acceptors (Lipinski definition) is 1. The average molecular weight is 419 g/mol. The van der Waals surface area contributed by atoms with E-state index in [0.717, 1.165) is 43.4 Å². The molecule has 0 N–H and O–H groups in total. The van der Waals surface area contributed by atoms with Gasteiger partial charge in [0.05, 0.1) is 13.2 Å². The van der Waals surface area contributed by atoms with Crippen LogP contribution >= 0.6 is 23.2 Å². The third-order valence-corrected chi connectivity index (χ3v) is 5.54. The van der Waals surface area contributed by atoms with Crippen molar-refractivity contribution in [2.24, 2.45) is 0 Å². The van der Waals surface area contributed by atoms with Crippen LogP contribution in [0.5, 0.6) is 0 Å². The summed E-state index contributed by atoms with van der Waals surface area (Å²) in [5, 5.41) is 1.48. The molecule has 1 nitrogen and oxygen atoms in total. The third kappa shape index (κ3) is 4.54. The Morgan fingerprint density at radius 2 is 0.793 bits per heavy atom. The summed E-state index contributed by atoms with van der Waals surface area (Å²) in [7, 11) is 0. The van der Waals surface area contributed by atoms with Gasteiger partial charge in [-0.25, -0.2) is 0 Å². The molecule has 0 unspecified atom stereocenters. The fourth-order valence-corrected chi connectivity index (χ4v) is 3.92. The molecule has 4 aromatic carbocycles. The summed E-state index contributed by atoms with van der Waals surface area (Å²) >= 11 is 12.8. The Kier molecular flexibility index (Phi) is 6.31. The molecule has 4 aromatic rings. The summed E-state index contributed by atoms with van der Waals surface area (Å²) < 4.78 is 6.12. The predicted octanol–water partition coefficient (Wildman–Crippen LogP) is 8.04. The lowest BCUT2D eigenvalue weighted by molar-refractivity contribution is 0.108. The van der Waals surface area contributed by atoms with Crippen LogP contribution in [0.25, 0.3) is 22.3 Å². The second-order valence-corrected chi connectivity index (χ2v) is 7.58. The molecule has 0 aliphatic carbocycles. The van der Waals surface area contributed by atoms with Crippen molar-refractivity contribution in [1.82, 2.24) is 0 Å². The van der Waals surface area contributed by atoms with Gasteiger partial charge in [-0.15, -0.1) is 0 Å². The Hall–Kier alpha value is -2.58. The highest BCUT2D eigenvalue weighted by Crippen LogP contribution is 2.32. The normalized spacial score (nSPS) is 10.8. The van der Waals surface area contributed by atoms with E-state index in [-0.39, 0.29) is 0 Å². The smallest absolute Gasteiger partial charge is 0.0727 e. The molecule has 29 heavy (non-hydrogen) atoms. The van der Waals surface area contributed by atoms with Gasteiger partial charge in [-0.2, -0.15) is 0 Å². The van der Waals surface area contributed by atoms with Gasteiger partial charge in [0, 0.05) is 21.2 Å². The van der Waals surface area contributed by atoms with Crippen molar-refractivity contribution in [2.75, 3.05) is 0 Å². The molecular weight excluding hydrogens is 399 g/mol. The lowest BCUT2D eigenvalue weighted by Gasteiger charge is -2.14. The molecule has 0 atom stereocenters. The molecule has 0 radical (unpaired) electrons. The highest BCUT2D eigenvalue weighted by molar-refractivity contribution is 6.33. The molecule has 4 rings (SSSR count). The first-order valence-electron chi connectivity index (χ1n) is 9.47. The summed E-state index contributed by atoms with van der Waals surface area (Å²) in [5.74, 6) is 0. The van der Waals surface area contributed by atoms with E-state index in [9.17, 15) is 0 Å². The number of benzene rings is 4. The van der Waals surface area contributed by atoms with Crippen molar-refractivity contribution in [3.63, 3.8) is 0 Å². The molecule has 0 saturated heterocycles.